The van der Waals surface area contributed by atoms with Crippen LogP contribution in [0.4, 0.5) is 0 Å². The van der Waals surface area contributed by atoms with E-state index in [0.29, 0.717) is 0 Å². The Morgan fingerprint density at radius 3 is 2.50 bits per heavy atom. The molecule has 0 aliphatic rings. The molecule has 0 bridgehead atoms. The van der Waals surface area contributed by atoms with Crippen molar-refractivity contribution in [3.63, 3.8) is 0 Å². The van der Waals surface area contributed by atoms with Crippen LogP contribution in [-0.2, 0) is 6.42 Å². The lowest BCUT2D eigenvalue weighted by molar-refractivity contribution is 0.794. The topological polar surface area (TPSA) is 0 Å². The Morgan fingerprint density at radius 2 is 1.93 bits per heavy atom. The Hall–Kier alpha value is -0.300. The van der Waals surface area contributed by atoms with Gasteiger partial charge in [-0.05, 0) is 42.0 Å². The van der Waals surface area contributed by atoms with Gasteiger partial charge >= 0.3 is 0 Å². The summed E-state index contributed by atoms with van der Waals surface area (Å²) in [7, 11) is 0. The average molecular weight is 254 g/mol. The van der Waals surface area contributed by atoms with Gasteiger partial charge in [-0.1, -0.05) is 49.2 Å². The fourth-order valence-corrected chi connectivity index (χ4v) is 2.00. The van der Waals surface area contributed by atoms with Crippen LogP contribution in [0.3, 0.4) is 0 Å². The fourth-order valence-electron chi connectivity index (χ4n) is 1.46. The van der Waals surface area contributed by atoms with Crippen LogP contribution in [0, 0.1) is 5.92 Å². The molecular formula is C13H18Br. The van der Waals surface area contributed by atoms with Crippen LogP contribution in [-0.4, -0.2) is 0 Å². The zero-order chi connectivity index (χ0) is 10.6. The van der Waals surface area contributed by atoms with Gasteiger partial charge in [-0.3, -0.25) is 0 Å². The van der Waals surface area contributed by atoms with E-state index < -0.39 is 0 Å². The van der Waals surface area contributed by atoms with Crippen LogP contribution < -0.4 is 0 Å². The third kappa shape index (κ3) is 3.45. The first-order valence-corrected chi connectivity index (χ1v) is 6.02. The molecular weight excluding hydrogens is 236 g/mol. The molecule has 0 heterocycles. The third-order valence-corrected chi connectivity index (χ3v) is 2.81. The van der Waals surface area contributed by atoms with Crippen LogP contribution in [0.2, 0.25) is 0 Å². The predicted octanol–water partition coefficient (Wildman–Crippen LogP) is 4.75. The van der Waals surface area contributed by atoms with E-state index in [4.69, 9.17) is 0 Å². The van der Waals surface area contributed by atoms with E-state index in [0.717, 1.165) is 0 Å². The number of rotatable bonds is 4. The minimum absolute atomic E-state index is 1.19. The molecule has 0 nitrogen and oxygen atoms in total. The van der Waals surface area contributed by atoms with Gasteiger partial charge in [-0.25, -0.2) is 0 Å². The normalized spacial score (nSPS) is 10.9. The van der Waals surface area contributed by atoms with Crippen molar-refractivity contribution in [2.75, 3.05) is 0 Å². The van der Waals surface area contributed by atoms with Crippen molar-refractivity contribution in [1.82, 2.24) is 0 Å². The van der Waals surface area contributed by atoms with Gasteiger partial charge in [0.15, 0.2) is 0 Å². The van der Waals surface area contributed by atoms with E-state index in [1.54, 1.807) is 0 Å². The first-order chi connectivity index (χ1) is 6.63. The second kappa shape index (κ2) is 5.55. The van der Waals surface area contributed by atoms with E-state index in [9.17, 15) is 0 Å². The van der Waals surface area contributed by atoms with Crippen molar-refractivity contribution in [3.8, 4) is 0 Å². The van der Waals surface area contributed by atoms with Gasteiger partial charge in [0.05, 0.1) is 0 Å². The lowest BCUT2D eigenvalue weighted by Gasteiger charge is -2.08. The van der Waals surface area contributed by atoms with Gasteiger partial charge < -0.3 is 0 Å². The molecule has 0 atom stereocenters. The Morgan fingerprint density at radius 1 is 1.21 bits per heavy atom. The standard InChI is InChI=1S/C13H18Br/c1-4-5-6-11-7-12(10(2)3)9-13(14)8-11/h7-9H,4-6H2,1-3H3. The molecule has 0 spiro atoms. The Balaban J connectivity index is 2.84. The van der Waals surface area contributed by atoms with Crippen molar-refractivity contribution in [3.05, 3.63) is 39.7 Å². The van der Waals surface area contributed by atoms with Gasteiger partial charge in [0, 0.05) is 4.47 Å². The molecule has 0 fully saturated rings. The summed E-state index contributed by atoms with van der Waals surface area (Å²) in [6.07, 6.45) is 3.73. The molecule has 0 aliphatic heterocycles. The molecule has 0 aromatic heterocycles. The van der Waals surface area contributed by atoms with Crippen LogP contribution in [0.25, 0.3) is 0 Å². The maximum Gasteiger partial charge on any atom is 0.0180 e. The molecule has 0 saturated heterocycles. The maximum atomic E-state index is 3.56. The lowest BCUT2D eigenvalue weighted by Crippen LogP contribution is -1.92. The predicted molar refractivity (Wildman–Crippen MR) is 66.4 cm³/mol. The van der Waals surface area contributed by atoms with Crippen molar-refractivity contribution >= 4 is 15.9 Å². The number of halogens is 1. The van der Waals surface area contributed by atoms with Crippen LogP contribution >= 0.6 is 15.9 Å². The highest BCUT2D eigenvalue weighted by atomic mass is 79.9. The highest BCUT2D eigenvalue weighted by Gasteiger charge is 2.03. The summed E-state index contributed by atoms with van der Waals surface area (Å²) in [6.45, 7) is 6.55. The summed E-state index contributed by atoms with van der Waals surface area (Å²) in [6, 6.07) is 6.71. The fraction of sp³-hybridized carbons (Fsp3) is 0.462. The summed E-state index contributed by atoms with van der Waals surface area (Å²) in [4.78, 5) is 0. The number of unbranched alkanes of at least 4 members (excludes halogenated alkanes) is 1. The first kappa shape index (κ1) is 11.8. The van der Waals surface area contributed by atoms with Crippen LogP contribution in [0.5, 0.6) is 0 Å². The molecule has 1 radical (unpaired) electrons. The Kier molecular flexibility index (Phi) is 4.67. The molecule has 1 aromatic carbocycles. The maximum absolute atomic E-state index is 3.56. The summed E-state index contributed by atoms with van der Waals surface area (Å²) in [5.41, 5.74) is 2.79. The van der Waals surface area contributed by atoms with Gasteiger partial charge in [-0.15, -0.1) is 0 Å². The molecule has 0 N–H and O–H groups in total. The lowest BCUT2D eigenvalue weighted by atomic mass is 9.99. The summed E-state index contributed by atoms with van der Waals surface area (Å²) in [5, 5.41) is 0. The molecule has 0 amide bonds. The zero-order valence-corrected chi connectivity index (χ0v) is 10.8. The summed E-state index contributed by atoms with van der Waals surface area (Å²) in [5.74, 6) is 1.38. The highest BCUT2D eigenvalue weighted by molar-refractivity contribution is 9.10. The van der Waals surface area contributed by atoms with Crippen LogP contribution in [0.1, 0.15) is 44.7 Å². The summed E-state index contributed by atoms with van der Waals surface area (Å²) < 4.78 is 1.20. The molecule has 77 valence electrons. The Bertz CT molecular complexity index is 289. The van der Waals surface area contributed by atoms with E-state index in [1.807, 2.05) is 0 Å². The molecule has 1 heteroatoms. The van der Waals surface area contributed by atoms with Gasteiger partial charge in [0.2, 0.25) is 0 Å². The molecule has 0 unspecified atom stereocenters. The highest BCUT2D eigenvalue weighted by Crippen LogP contribution is 2.22. The quantitative estimate of drug-likeness (QED) is 0.727. The minimum atomic E-state index is 1.19. The SMILES string of the molecule is CCCCc1cc(Br)cc([C](C)C)c1. The van der Waals surface area contributed by atoms with Crippen LogP contribution in [0.15, 0.2) is 22.7 Å². The second-order valence-corrected chi connectivity index (χ2v) is 4.87. The smallest absolute Gasteiger partial charge is 0.0180 e. The number of hydrogen-bond acceptors (Lipinski definition) is 0. The second-order valence-electron chi connectivity index (χ2n) is 3.95. The largest absolute Gasteiger partial charge is 0.0654 e. The monoisotopic (exact) mass is 253 g/mol. The molecule has 1 rings (SSSR count). The number of aryl methyl sites for hydroxylation is 1. The minimum Gasteiger partial charge on any atom is -0.0654 e. The van der Waals surface area contributed by atoms with Crippen molar-refractivity contribution in [2.24, 2.45) is 0 Å². The van der Waals surface area contributed by atoms with Gasteiger partial charge in [0.1, 0.15) is 0 Å². The molecule has 0 aliphatic carbocycles. The van der Waals surface area contributed by atoms with E-state index in [2.05, 4.69) is 54.9 Å². The number of benzene rings is 1. The van der Waals surface area contributed by atoms with Crippen molar-refractivity contribution < 1.29 is 0 Å². The van der Waals surface area contributed by atoms with Gasteiger partial charge in [0.25, 0.3) is 0 Å². The van der Waals surface area contributed by atoms with Crippen molar-refractivity contribution in [2.45, 2.75) is 40.0 Å². The van der Waals surface area contributed by atoms with E-state index in [1.165, 1.54) is 40.8 Å². The third-order valence-electron chi connectivity index (χ3n) is 2.35. The average Bonchev–Trinajstić information content (AvgIpc) is 2.14. The molecule has 14 heavy (non-hydrogen) atoms. The van der Waals surface area contributed by atoms with E-state index >= 15 is 0 Å². The first-order valence-electron chi connectivity index (χ1n) is 5.23. The van der Waals surface area contributed by atoms with Gasteiger partial charge in [-0.2, -0.15) is 0 Å². The molecule has 0 saturated carbocycles. The van der Waals surface area contributed by atoms with E-state index in [-0.39, 0.29) is 0 Å². The number of hydrogen-bond donors (Lipinski definition) is 0. The Labute approximate surface area is 95.9 Å². The molecule has 1 aromatic rings. The summed E-state index contributed by atoms with van der Waals surface area (Å²) >= 11 is 3.56. The van der Waals surface area contributed by atoms with Crippen molar-refractivity contribution in [1.29, 1.82) is 0 Å². The zero-order valence-electron chi connectivity index (χ0n) is 9.23.